The first-order valence-electron chi connectivity index (χ1n) is 7.87. The molecule has 0 bridgehead atoms. The molecule has 1 aliphatic rings. The van der Waals surface area contributed by atoms with Crippen LogP contribution in [0.5, 0.6) is 0 Å². The third kappa shape index (κ3) is 3.15. The van der Waals surface area contributed by atoms with E-state index in [1.807, 2.05) is 27.7 Å². The monoisotopic (exact) mass is 314 g/mol. The fourth-order valence-electron chi connectivity index (χ4n) is 3.20. The van der Waals surface area contributed by atoms with Crippen LogP contribution in [0.3, 0.4) is 0 Å². The third-order valence-corrected chi connectivity index (χ3v) is 4.60. The van der Waals surface area contributed by atoms with Gasteiger partial charge in [0, 0.05) is 49.9 Å². The lowest BCUT2D eigenvalue weighted by molar-refractivity contribution is -0.144. The summed E-state index contributed by atoms with van der Waals surface area (Å²) in [5.74, 6) is 0.0914. The average Bonchev–Trinajstić information content (AvgIpc) is 2.53. The summed E-state index contributed by atoms with van der Waals surface area (Å²) in [6, 6.07) is 8.92. The molecule has 1 saturated heterocycles. The van der Waals surface area contributed by atoms with Crippen LogP contribution >= 0.6 is 0 Å². The summed E-state index contributed by atoms with van der Waals surface area (Å²) in [6.07, 6.45) is 2.67. The Labute approximate surface area is 135 Å². The van der Waals surface area contributed by atoms with Crippen LogP contribution in [0, 0.1) is 5.41 Å². The summed E-state index contributed by atoms with van der Waals surface area (Å²) in [4.78, 5) is 26.2. The normalized spacial score (nSPS) is 16.3. The maximum absolute atomic E-state index is 12.5. The van der Waals surface area contributed by atoms with Crippen LogP contribution in [-0.2, 0) is 16.1 Å². The predicted octanol–water partition coefficient (Wildman–Crippen LogP) is 1.89. The molecule has 0 unspecified atom stereocenters. The molecule has 5 heteroatoms. The Morgan fingerprint density at radius 1 is 1.26 bits per heavy atom. The first-order chi connectivity index (χ1) is 11.0. The largest absolute Gasteiger partial charge is 0.385 e. The topological polar surface area (TPSA) is 51.5 Å². The van der Waals surface area contributed by atoms with Gasteiger partial charge in [-0.1, -0.05) is 19.1 Å². The molecule has 0 atom stereocenters. The SMILES string of the molecule is COCCC1(C)CN(C(=O)Cn2ccc(=O)c3ccccc32)C1. The minimum absolute atomic E-state index is 0.0135. The van der Waals surface area contributed by atoms with E-state index in [1.165, 1.54) is 6.07 Å². The lowest BCUT2D eigenvalue weighted by Crippen LogP contribution is -2.58. The van der Waals surface area contributed by atoms with E-state index in [0.29, 0.717) is 5.39 Å². The number of nitrogens with zero attached hydrogens (tertiary/aromatic N) is 2. The highest BCUT2D eigenvalue weighted by Gasteiger charge is 2.40. The number of para-hydroxylation sites is 1. The fraction of sp³-hybridized carbons (Fsp3) is 0.444. The number of hydrogen-bond donors (Lipinski definition) is 0. The molecule has 122 valence electrons. The van der Waals surface area contributed by atoms with Crippen LogP contribution in [0.15, 0.2) is 41.3 Å². The van der Waals surface area contributed by atoms with Gasteiger partial charge in [-0.3, -0.25) is 9.59 Å². The molecule has 0 saturated carbocycles. The van der Waals surface area contributed by atoms with Gasteiger partial charge in [0.25, 0.3) is 0 Å². The van der Waals surface area contributed by atoms with Crippen molar-refractivity contribution in [2.24, 2.45) is 5.41 Å². The lowest BCUT2D eigenvalue weighted by Gasteiger charge is -2.48. The maximum Gasteiger partial charge on any atom is 0.242 e. The van der Waals surface area contributed by atoms with E-state index in [1.54, 1.807) is 19.4 Å². The van der Waals surface area contributed by atoms with E-state index < -0.39 is 0 Å². The first kappa shape index (κ1) is 15.7. The van der Waals surface area contributed by atoms with Crippen molar-refractivity contribution in [2.45, 2.75) is 19.9 Å². The smallest absolute Gasteiger partial charge is 0.242 e. The number of fused-ring (bicyclic) bond motifs is 1. The number of methoxy groups -OCH3 is 1. The number of amides is 1. The number of rotatable bonds is 5. The molecule has 1 aromatic heterocycles. The van der Waals surface area contributed by atoms with E-state index in [2.05, 4.69) is 6.92 Å². The van der Waals surface area contributed by atoms with Gasteiger partial charge in [-0.05, 0) is 18.6 Å². The van der Waals surface area contributed by atoms with Crippen molar-refractivity contribution >= 4 is 16.8 Å². The van der Waals surface area contributed by atoms with E-state index in [9.17, 15) is 9.59 Å². The van der Waals surface area contributed by atoms with Gasteiger partial charge in [0.05, 0.1) is 5.52 Å². The summed E-state index contributed by atoms with van der Waals surface area (Å²) in [5, 5.41) is 0.649. The van der Waals surface area contributed by atoms with Crippen molar-refractivity contribution in [1.82, 2.24) is 9.47 Å². The summed E-state index contributed by atoms with van der Waals surface area (Å²) in [5.41, 5.74) is 0.952. The van der Waals surface area contributed by atoms with Crippen molar-refractivity contribution < 1.29 is 9.53 Å². The van der Waals surface area contributed by atoms with Gasteiger partial charge < -0.3 is 14.2 Å². The molecule has 3 rings (SSSR count). The number of hydrogen-bond acceptors (Lipinski definition) is 3. The predicted molar refractivity (Wildman–Crippen MR) is 89.4 cm³/mol. The van der Waals surface area contributed by atoms with Crippen LogP contribution in [-0.4, -0.2) is 42.2 Å². The Morgan fingerprint density at radius 3 is 2.74 bits per heavy atom. The van der Waals surface area contributed by atoms with E-state index in [-0.39, 0.29) is 23.3 Å². The molecule has 2 heterocycles. The molecule has 0 aliphatic carbocycles. The summed E-state index contributed by atoms with van der Waals surface area (Å²) in [7, 11) is 1.70. The van der Waals surface area contributed by atoms with E-state index >= 15 is 0 Å². The number of ether oxygens (including phenoxy) is 1. The highest BCUT2D eigenvalue weighted by atomic mass is 16.5. The van der Waals surface area contributed by atoms with Gasteiger partial charge in [-0.15, -0.1) is 0 Å². The fourth-order valence-corrected chi connectivity index (χ4v) is 3.20. The Morgan fingerprint density at radius 2 is 2.00 bits per heavy atom. The van der Waals surface area contributed by atoms with Crippen molar-refractivity contribution in [3.63, 3.8) is 0 Å². The number of carbonyl (C=O) groups is 1. The van der Waals surface area contributed by atoms with Crippen molar-refractivity contribution in [1.29, 1.82) is 0 Å². The molecule has 1 aromatic carbocycles. The van der Waals surface area contributed by atoms with Gasteiger partial charge in [0.2, 0.25) is 5.91 Å². The Bertz CT molecular complexity index is 775. The second-order valence-corrected chi connectivity index (χ2v) is 6.63. The number of pyridine rings is 1. The van der Waals surface area contributed by atoms with Crippen molar-refractivity contribution in [3.8, 4) is 0 Å². The Kier molecular flexibility index (Phi) is 4.22. The number of carbonyl (C=O) groups excluding carboxylic acids is 1. The standard InChI is InChI=1S/C18H22N2O3/c1-18(8-10-23-2)12-20(13-18)17(22)11-19-9-7-16(21)14-5-3-4-6-15(14)19/h3-7,9H,8,10-13H2,1-2H3. The van der Waals surface area contributed by atoms with Gasteiger partial charge in [-0.2, -0.15) is 0 Å². The second-order valence-electron chi connectivity index (χ2n) is 6.63. The number of aromatic nitrogens is 1. The minimum Gasteiger partial charge on any atom is -0.385 e. The highest BCUT2D eigenvalue weighted by Crippen LogP contribution is 2.33. The van der Waals surface area contributed by atoms with Crippen molar-refractivity contribution in [3.05, 3.63) is 46.8 Å². The van der Waals surface area contributed by atoms with Crippen molar-refractivity contribution in [2.75, 3.05) is 26.8 Å². The van der Waals surface area contributed by atoms with Crippen LogP contribution in [0.2, 0.25) is 0 Å². The zero-order valence-corrected chi connectivity index (χ0v) is 13.6. The second kappa shape index (κ2) is 6.16. The number of likely N-dealkylation sites (tertiary alicyclic amines) is 1. The quantitative estimate of drug-likeness (QED) is 0.847. The van der Waals surface area contributed by atoms with Crippen LogP contribution in [0.1, 0.15) is 13.3 Å². The maximum atomic E-state index is 12.5. The molecule has 23 heavy (non-hydrogen) atoms. The molecule has 0 N–H and O–H groups in total. The molecule has 1 amide bonds. The Balaban J connectivity index is 1.71. The van der Waals surface area contributed by atoms with Crippen LogP contribution in [0.4, 0.5) is 0 Å². The molecule has 1 aliphatic heterocycles. The zero-order valence-electron chi connectivity index (χ0n) is 13.6. The molecule has 1 fully saturated rings. The minimum atomic E-state index is -0.0135. The van der Waals surface area contributed by atoms with Crippen LogP contribution < -0.4 is 5.43 Å². The van der Waals surface area contributed by atoms with Gasteiger partial charge >= 0.3 is 0 Å². The van der Waals surface area contributed by atoms with Gasteiger partial charge in [0.1, 0.15) is 6.54 Å². The average molecular weight is 314 g/mol. The van der Waals surface area contributed by atoms with E-state index in [0.717, 1.165) is 31.6 Å². The summed E-state index contributed by atoms with van der Waals surface area (Å²) >= 11 is 0. The molecular formula is C18H22N2O3. The lowest BCUT2D eigenvalue weighted by atomic mass is 9.79. The third-order valence-electron chi connectivity index (χ3n) is 4.60. The van der Waals surface area contributed by atoms with Crippen LogP contribution in [0.25, 0.3) is 10.9 Å². The first-order valence-corrected chi connectivity index (χ1v) is 7.87. The molecule has 0 spiro atoms. The summed E-state index contributed by atoms with van der Waals surface area (Å²) in [6.45, 7) is 4.72. The van der Waals surface area contributed by atoms with Gasteiger partial charge in [0.15, 0.2) is 5.43 Å². The summed E-state index contributed by atoms with van der Waals surface area (Å²) < 4.78 is 6.98. The Hall–Kier alpha value is -2.14. The molecule has 2 aromatic rings. The van der Waals surface area contributed by atoms with E-state index in [4.69, 9.17) is 4.74 Å². The molecular weight excluding hydrogens is 292 g/mol. The molecule has 0 radical (unpaired) electrons. The zero-order chi connectivity index (χ0) is 16.4. The highest BCUT2D eigenvalue weighted by molar-refractivity contribution is 5.82. The number of benzene rings is 1. The van der Waals surface area contributed by atoms with Gasteiger partial charge in [-0.25, -0.2) is 0 Å². The molecule has 5 nitrogen and oxygen atoms in total.